The van der Waals surface area contributed by atoms with E-state index in [-0.39, 0.29) is 18.2 Å². The van der Waals surface area contributed by atoms with Gasteiger partial charge in [0.05, 0.1) is 11.0 Å². The molecule has 2 heterocycles. The number of carbonyl (C=O) groups is 1. The Hall–Kier alpha value is -2.19. The normalized spacial score (nSPS) is 20.1. The first-order chi connectivity index (χ1) is 14.0. The number of nitro benzene ring substituents is 1. The van der Waals surface area contributed by atoms with E-state index in [0.29, 0.717) is 18.2 Å². The van der Waals surface area contributed by atoms with Crippen LogP contribution in [0.3, 0.4) is 0 Å². The van der Waals surface area contributed by atoms with Gasteiger partial charge in [0, 0.05) is 31.6 Å². The molecule has 0 saturated carbocycles. The zero-order valence-corrected chi connectivity index (χ0v) is 16.9. The average molecular weight is 405 g/mol. The Balaban J connectivity index is 1.39. The van der Waals surface area contributed by atoms with Crippen molar-refractivity contribution in [2.75, 3.05) is 39.3 Å². The molecular weight excluding hydrogens is 374 g/mol. The van der Waals surface area contributed by atoms with Crippen LogP contribution >= 0.6 is 0 Å². The summed E-state index contributed by atoms with van der Waals surface area (Å²) < 4.78 is 5.51. The minimum atomic E-state index is -0.688. The second-order valence-corrected chi connectivity index (χ2v) is 8.03. The molecule has 1 aromatic rings. The molecular formula is C21H31N3O5. The number of carbonyl (C=O) groups excluding carboxylic acids is 1. The van der Waals surface area contributed by atoms with E-state index in [0.717, 1.165) is 51.9 Å². The number of piperidine rings is 1. The highest BCUT2D eigenvalue weighted by Gasteiger charge is 2.29. The van der Waals surface area contributed by atoms with Crippen LogP contribution in [0.2, 0.25) is 0 Å². The van der Waals surface area contributed by atoms with Gasteiger partial charge in [0.25, 0.3) is 5.69 Å². The number of aliphatic hydroxyl groups excluding tert-OH is 1. The van der Waals surface area contributed by atoms with E-state index >= 15 is 0 Å². The second kappa shape index (κ2) is 10.5. The van der Waals surface area contributed by atoms with Gasteiger partial charge in [-0.15, -0.1) is 0 Å². The zero-order valence-electron chi connectivity index (χ0n) is 16.9. The molecule has 0 radical (unpaired) electrons. The molecule has 0 aromatic heterocycles. The molecule has 2 saturated heterocycles. The molecule has 1 N–H and O–H groups in total. The molecule has 0 unspecified atom stereocenters. The predicted molar refractivity (Wildman–Crippen MR) is 109 cm³/mol. The molecule has 2 fully saturated rings. The highest BCUT2D eigenvalue weighted by molar-refractivity contribution is 5.79. The molecule has 8 nitrogen and oxygen atoms in total. The number of amides is 1. The van der Waals surface area contributed by atoms with Crippen molar-refractivity contribution in [2.24, 2.45) is 5.92 Å². The third-order valence-electron chi connectivity index (χ3n) is 5.79. The van der Waals surface area contributed by atoms with Crippen molar-refractivity contribution in [1.29, 1.82) is 0 Å². The summed E-state index contributed by atoms with van der Waals surface area (Å²) >= 11 is 0. The molecule has 3 rings (SSSR count). The number of aliphatic hydroxyl groups is 1. The van der Waals surface area contributed by atoms with Crippen molar-refractivity contribution in [2.45, 2.75) is 44.6 Å². The Labute approximate surface area is 171 Å². The summed E-state index contributed by atoms with van der Waals surface area (Å²) in [7, 11) is 0. The molecule has 1 amide bonds. The lowest BCUT2D eigenvalue weighted by Crippen LogP contribution is -2.45. The topological polar surface area (TPSA) is 96.2 Å². The van der Waals surface area contributed by atoms with Gasteiger partial charge in [-0.1, -0.05) is 18.9 Å². The summed E-state index contributed by atoms with van der Waals surface area (Å²) in [5.41, 5.74) is -0.0341. The number of likely N-dealkylation sites (tertiary alicyclic amines) is 2. The van der Waals surface area contributed by atoms with E-state index in [2.05, 4.69) is 9.80 Å². The van der Waals surface area contributed by atoms with Gasteiger partial charge >= 0.3 is 0 Å². The van der Waals surface area contributed by atoms with Gasteiger partial charge in [0.2, 0.25) is 5.91 Å². The van der Waals surface area contributed by atoms with Gasteiger partial charge in [-0.3, -0.25) is 14.9 Å². The van der Waals surface area contributed by atoms with Gasteiger partial charge in [0.1, 0.15) is 18.5 Å². The molecule has 1 aromatic carbocycles. The fourth-order valence-electron chi connectivity index (χ4n) is 4.14. The first-order valence-corrected chi connectivity index (χ1v) is 10.6. The van der Waals surface area contributed by atoms with Crippen molar-refractivity contribution in [3.63, 3.8) is 0 Å². The molecule has 2 aliphatic rings. The molecule has 29 heavy (non-hydrogen) atoms. The number of β-amino-alcohol motifs (C(OH)–C–C–N with tert-alkyl or cyclic N) is 1. The molecule has 0 aliphatic carbocycles. The van der Waals surface area contributed by atoms with Gasteiger partial charge in [-0.25, -0.2) is 0 Å². The highest BCUT2D eigenvalue weighted by atomic mass is 16.6. The molecule has 0 spiro atoms. The maximum Gasteiger partial charge on any atom is 0.273 e. The Morgan fingerprint density at radius 2 is 1.86 bits per heavy atom. The quantitative estimate of drug-likeness (QED) is 0.553. The molecule has 0 bridgehead atoms. The van der Waals surface area contributed by atoms with Crippen LogP contribution in [-0.2, 0) is 4.79 Å². The largest absolute Gasteiger partial charge is 0.491 e. The molecule has 1 atom stereocenters. The predicted octanol–water partition coefficient (Wildman–Crippen LogP) is 2.45. The Morgan fingerprint density at radius 3 is 2.52 bits per heavy atom. The van der Waals surface area contributed by atoms with Crippen LogP contribution in [0.1, 0.15) is 38.5 Å². The van der Waals surface area contributed by atoms with E-state index in [4.69, 9.17) is 4.74 Å². The van der Waals surface area contributed by atoms with Crippen LogP contribution in [0.4, 0.5) is 5.69 Å². The zero-order chi connectivity index (χ0) is 20.6. The molecule has 2 aliphatic heterocycles. The first kappa shape index (κ1) is 21.5. The second-order valence-electron chi connectivity index (χ2n) is 8.03. The van der Waals surface area contributed by atoms with Crippen molar-refractivity contribution in [3.05, 3.63) is 34.4 Å². The Kier molecular flexibility index (Phi) is 7.83. The van der Waals surface area contributed by atoms with Crippen molar-refractivity contribution < 1.29 is 19.6 Å². The van der Waals surface area contributed by atoms with Crippen LogP contribution < -0.4 is 4.74 Å². The first-order valence-electron chi connectivity index (χ1n) is 10.6. The fraction of sp³-hybridized carbons (Fsp3) is 0.667. The van der Waals surface area contributed by atoms with E-state index in [1.807, 2.05) is 0 Å². The van der Waals surface area contributed by atoms with Gasteiger partial charge in [-0.2, -0.15) is 0 Å². The van der Waals surface area contributed by atoms with Gasteiger partial charge < -0.3 is 19.6 Å². The van der Waals surface area contributed by atoms with Gasteiger partial charge in [0.15, 0.2) is 0 Å². The Bertz CT molecular complexity index is 683. The lowest BCUT2D eigenvalue weighted by molar-refractivity contribution is -0.384. The van der Waals surface area contributed by atoms with Crippen molar-refractivity contribution in [3.8, 4) is 5.75 Å². The van der Waals surface area contributed by atoms with Crippen LogP contribution in [0, 0.1) is 16.0 Å². The van der Waals surface area contributed by atoms with Crippen LogP contribution in [0.25, 0.3) is 0 Å². The third kappa shape index (κ3) is 6.40. The number of hydrogen-bond acceptors (Lipinski definition) is 6. The number of rotatable bonds is 7. The van der Waals surface area contributed by atoms with E-state index in [1.165, 1.54) is 25.0 Å². The standard InChI is InChI=1S/C21H31N3O5/c25-19(16-29-20-7-5-6-18(14-20)24(27)28)15-22-12-8-17(9-13-22)21(26)23-10-3-1-2-4-11-23/h5-7,14,17,19,25H,1-4,8-13,15-16H2/t19-/m1/s1. The maximum absolute atomic E-state index is 12.8. The number of nitrogens with zero attached hydrogens (tertiary/aromatic N) is 3. The minimum absolute atomic E-state index is 0.0341. The van der Waals surface area contributed by atoms with Crippen LogP contribution in [0.15, 0.2) is 24.3 Å². The lowest BCUT2D eigenvalue weighted by Gasteiger charge is -2.34. The number of non-ortho nitro benzene ring substituents is 1. The van der Waals surface area contributed by atoms with E-state index in [9.17, 15) is 20.0 Å². The van der Waals surface area contributed by atoms with Crippen LogP contribution in [-0.4, -0.2) is 71.2 Å². The number of nitro groups is 1. The van der Waals surface area contributed by atoms with Gasteiger partial charge in [-0.05, 0) is 44.8 Å². The highest BCUT2D eigenvalue weighted by Crippen LogP contribution is 2.22. The summed E-state index contributed by atoms with van der Waals surface area (Å²) in [4.78, 5) is 27.3. The van der Waals surface area contributed by atoms with E-state index < -0.39 is 11.0 Å². The maximum atomic E-state index is 12.8. The summed E-state index contributed by atoms with van der Waals surface area (Å²) in [6.45, 7) is 3.92. The summed E-state index contributed by atoms with van der Waals surface area (Å²) in [5.74, 6) is 0.781. The monoisotopic (exact) mass is 405 g/mol. The number of hydrogen-bond donors (Lipinski definition) is 1. The third-order valence-corrected chi connectivity index (χ3v) is 5.79. The SMILES string of the molecule is O=C(C1CCN(C[C@@H](O)COc2cccc([N+](=O)[O-])c2)CC1)N1CCCCCC1. The van der Waals surface area contributed by atoms with Crippen molar-refractivity contribution >= 4 is 11.6 Å². The summed E-state index contributed by atoms with van der Waals surface area (Å²) in [6.07, 6.45) is 5.63. The minimum Gasteiger partial charge on any atom is -0.491 e. The van der Waals surface area contributed by atoms with Crippen LogP contribution in [0.5, 0.6) is 5.75 Å². The smallest absolute Gasteiger partial charge is 0.273 e. The Morgan fingerprint density at radius 1 is 1.17 bits per heavy atom. The lowest BCUT2D eigenvalue weighted by atomic mass is 9.95. The molecule has 160 valence electrons. The summed E-state index contributed by atoms with van der Waals surface area (Å²) in [5, 5.41) is 21.1. The fourth-order valence-corrected chi connectivity index (χ4v) is 4.14. The molecule has 8 heteroatoms. The van der Waals surface area contributed by atoms with Crippen molar-refractivity contribution in [1.82, 2.24) is 9.80 Å². The number of benzene rings is 1. The average Bonchev–Trinajstić information content (AvgIpc) is 3.02. The van der Waals surface area contributed by atoms with E-state index in [1.54, 1.807) is 12.1 Å². The number of ether oxygens (including phenoxy) is 1. The summed E-state index contributed by atoms with van der Waals surface area (Å²) in [6, 6.07) is 5.96.